The summed E-state index contributed by atoms with van der Waals surface area (Å²) in [5.74, 6) is 1.63. The van der Waals surface area contributed by atoms with Gasteiger partial charge in [0, 0.05) is 28.2 Å². The summed E-state index contributed by atoms with van der Waals surface area (Å²) in [5.41, 5.74) is 6.84. The van der Waals surface area contributed by atoms with Gasteiger partial charge >= 0.3 is 5.97 Å². The first-order valence-corrected chi connectivity index (χ1v) is 15.4. The van der Waals surface area contributed by atoms with Crippen molar-refractivity contribution in [1.82, 2.24) is 14.2 Å². The van der Waals surface area contributed by atoms with Crippen molar-refractivity contribution >= 4 is 23.1 Å². The zero-order valence-corrected chi connectivity index (χ0v) is 27.6. The van der Waals surface area contributed by atoms with Gasteiger partial charge in [0.15, 0.2) is 11.9 Å². The monoisotopic (exact) mass is 620 g/mol. The van der Waals surface area contributed by atoms with Gasteiger partial charge in [0.05, 0.1) is 30.8 Å². The molecule has 0 N–H and O–H groups in total. The van der Waals surface area contributed by atoms with Crippen LogP contribution in [0, 0.1) is 20.8 Å². The summed E-state index contributed by atoms with van der Waals surface area (Å²) < 4.78 is 20.0. The van der Waals surface area contributed by atoms with Crippen LogP contribution < -0.4 is 15.0 Å². The van der Waals surface area contributed by atoms with Crippen LogP contribution in [0.25, 0.3) is 28.0 Å². The molecule has 0 spiro atoms. The predicted molar refractivity (Wildman–Crippen MR) is 182 cm³/mol. The lowest BCUT2D eigenvalue weighted by atomic mass is 9.96. The molecule has 0 amide bonds. The molecule has 5 rings (SSSR count). The number of aryl methyl sites for hydroxylation is 2. The molecule has 0 aliphatic carbocycles. The summed E-state index contributed by atoms with van der Waals surface area (Å²) in [6, 6.07) is 20.9. The molecule has 0 unspecified atom stereocenters. The van der Waals surface area contributed by atoms with Gasteiger partial charge in [0.1, 0.15) is 11.5 Å². The minimum absolute atomic E-state index is 0.199. The summed E-state index contributed by atoms with van der Waals surface area (Å²) in [6.07, 6.45) is 1.00. The minimum Gasteiger partial charge on any atom is -0.496 e. The van der Waals surface area contributed by atoms with E-state index < -0.39 is 12.1 Å². The molecule has 2 aromatic heterocycles. The molecule has 5 aromatic rings. The smallest absolute Gasteiger partial charge is 0.347 e. The van der Waals surface area contributed by atoms with Crippen LogP contribution in [0.3, 0.4) is 0 Å². The number of benzene rings is 3. The van der Waals surface area contributed by atoms with E-state index in [-0.39, 0.29) is 11.5 Å². The third-order valence-corrected chi connectivity index (χ3v) is 8.00. The van der Waals surface area contributed by atoms with Gasteiger partial charge in [-0.05, 0) is 106 Å². The maximum Gasteiger partial charge on any atom is 0.347 e. The number of carbonyl (C=O) groups is 1. The Hall–Kier alpha value is -5.18. The number of methoxy groups -OCH3 is 1. The second-order valence-electron chi connectivity index (χ2n) is 11.5. The Balaban J connectivity index is 1.55. The van der Waals surface area contributed by atoms with Gasteiger partial charge in [-0.3, -0.25) is 4.79 Å². The van der Waals surface area contributed by atoms with Crippen LogP contribution in [0.2, 0.25) is 0 Å². The van der Waals surface area contributed by atoms with Gasteiger partial charge < -0.3 is 18.8 Å². The molecule has 1 atom stereocenters. The molecule has 46 heavy (non-hydrogen) atoms. The molecule has 0 aliphatic heterocycles. The molecule has 238 valence electrons. The largest absolute Gasteiger partial charge is 0.496 e. The number of hydrogen-bond donors (Lipinski definition) is 0. The van der Waals surface area contributed by atoms with Crippen molar-refractivity contribution in [3.05, 3.63) is 105 Å². The lowest BCUT2D eigenvalue weighted by Gasteiger charge is -2.17. The molecule has 0 radical (unpaired) electrons. The summed E-state index contributed by atoms with van der Waals surface area (Å²) in [5, 5.41) is 5.25. The van der Waals surface area contributed by atoms with Crippen LogP contribution in [0.15, 0.2) is 76.6 Å². The Morgan fingerprint density at radius 1 is 1.00 bits per heavy atom. The molecular weight excluding hydrogens is 580 g/mol. The highest BCUT2D eigenvalue weighted by Crippen LogP contribution is 2.34. The molecule has 0 saturated heterocycles. The standard InChI is InChI=1S/C37H40N4O5/c1-9-45-37(43)26(7)46-29-16-14-28(15-17-29)40-24(5)19-27(25(40)6)21-38-41-35(39-33-13-11-10-12-30(33)36(41)42)32-20-31(22(2)3)34(44-8)18-23(32)4/h10-22,26H,9H2,1-8H3/t26-/m1/s1. The van der Waals surface area contributed by atoms with Gasteiger partial charge in [0.2, 0.25) is 0 Å². The topological polar surface area (TPSA) is 96.9 Å². The van der Waals surface area contributed by atoms with Crippen molar-refractivity contribution < 1.29 is 19.0 Å². The van der Waals surface area contributed by atoms with Crippen molar-refractivity contribution in [2.24, 2.45) is 5.10 Å². The maximum absolute atomic E-state index is 13.9. The van der Waals surface area contributed by atoms with E-state index in [4.69, 9.17) is 24.3 Å². The van der Waals surface area contributed by atoms with Gasteiger partial charge in [-0.2, -0.15) is 9.78 Å². The molecule has 3 aromatic carbocycles. The lowest BCUT2D eigenvalue weighted by Crippen LogP contribution is -2.26. The van der Waals surface area contributed by atoms with Crippen LogP contribution in [-0.2, 0) is 9.53 Å². The third-order valence-electron chi connectivity index (χ3n) is 8.00. The van der Waals surface area contributed by atoms with Crippen LogP contribution in [-0.4, -0.2) is 46.2 Å². The highest BCUT2D eigenvalue weighted by Gasteiger charge is 2.19. The zero-order valence-electron chi connectivity index (χ0n) is 27.6. The number of esters is 1. The van der Waals surface area contributed by atoms with Crippen molar-refractivity contribution in [1.29, 1.82) is 0 Å². The Bertz CT molecular complexity index is 1990. The van der Waals surface area contributed by atoms with Gasteiger partial charge in [-0.15, -0.1) is 0 Å². The minimum atomic E-state index is -0.708. The van der Waals surface area contributed by atoms with E-state index in [9.17, 15) is 9.59 Å². The number of ether oxygens (including phenoxy) is 3. The predicted octanol–water partition coefficient (Wildman–Crippen LogP) is 7.12. The van der Waals surface area contributed by atoms with Crippen molar-refractivity contribution in [2.75, 3.05) is 13.7 Å². The number of nitrogens with zero attached hydrogens (tertiary/aromatic N) is 4. The SMILES string of the molecule is CCOC(=O)[C@@H](C)Oc1ccc(-n2c(C)cc(C=Nn3c(-c4cc(C(C)C)c(OC)cc4C)nc4ccccc4c3=O)c2C)cc1. The van der Waals surface area contributed by atoms with Crippen molar-refractivity contribution in [3.63, 3.8) is 0 Å². The third kappa shape index (κ3) is 6.31. The summed E-state index contributed by atoms with van der Waals surface area (Å²) in [6.45, 7) is 14.0. The normalized spacial score (nSPS) is 12.2. The van der Waals surface area contributed by atoms with E-state index >= 15 is 0 Å². The molecule has 2 heterocycles. The number of carbonyl (C=O) groups excluding carboxylic acids is 1. The molecule has 9 nitrogen and oxygen atoms in total. The molecule has 0 fully saturated rings. The fourth-order valence-corrected chi connectivity index (χ4v) is 5.59. The number of fused-ring (bicyclic) bond motifs is 1. The maximum atomic E-state index is 13.9. The highest BCUT2D eigenvalue weighted by atomic mass is 16.6. The first-order chi connectivity index (χ1) is 22.0. The first kappa shape index (κ1) is 32.2. The number of aromatic nitrogens is 3. The van der Waals surface area contributed by atoms with E-state index in [1.165, 1.54) is 4.68 Å². The Kier molecular flexibility index (Phi) is 9.41. The van der Waals surface area contributed by atoms with E-state index in [0.717, 1.165) is 45.1 Å². The van der Waals surface area contributed by atoms with Crippen molar-refractivity contribution in [2.45, 2.75) is 60.5 Å². The summed E-state index contributed by atoms with van der Waals surface area (Å²) in [4.78, 5) is 30.8. The first-order valence-electron chi connectivity index (χ1n) is 15.4. The molecular formula is C37H40N4O5. The van der Waals surface area contributed by atoms with E-state index in [1.54, 1.807) is 33.2 Å². The van der Waals surface area contributed by atoms with Crippen LogP contribution >= 0.6 is 0 Å². The molecule has 0 bridgehead atoms. The van der Waals surface area contributed by atoms with E-state index in [0.29, 0.717) is 29.1 Å². The number of rotatable bonds is 10. The fraction of sp³-hybridized carbons (Fsp3) is 0.297. The lowest BCUT2D eigenvalue weighted by molar-refractivity contribution is -0.150. The van der Waals surface area contributed by atoms with Crippen molar-refractivity contribution in [3.8, 4) is 28.6 Å². The molecule has 9 heteroatoms. The Morgan fingerprint density at radius 3 is 2.39 bits per heavy atom. The van der Waals surface area contributed by atoms with Gasteiger partial charge in [0.25, 0.3) is 5.56 Å². The Labute approximate surface area is 269 Å². The second kappa shape index (κ2) is 13.4. The zero-order chi connectivity index (χ0) is 33.1. The van der Waals surface area contributed by atoms with Crippen LogP contribution in [0.4, 0.5) is 0 Å². The second-order valence-corrected chi connectivity index (χ2v) is 11.5. The average molecular weight is 621 g/mol. The Morgan fingerprint density at radius 2 is 1.72 bits per heavy atom. The van der Waals surface area contributed by atoms with Crippen LogP contribution in [0.1, 0.15) is 61.7 Å². The van der Waals surface area contributed by atoms with E-state index in [1.807, 2.05) is 81.4 Å². The fourth-order valence-electron chi connectivity index (χ4n) is 5.59. The van der Waals surface area contributed by atoms with Gasteiger partial charge in [-0.1, -0.05) is 26.0 Å². The van der Waals surface area contributed by atoms with Crippen LogP contribution in [0.5, 0.6) is 11.5 Å². The summed E-state index contributed by atoms with van der Waals surface area (Å²) in [7, 11) is 1.67. The average Bonchev–Trinajstić information content (AvgIpc) is 3.32. The summed E-state index contributed by atoms with van der Waals surface area (Å²) >= 11 is 0. The quantitative estimate of drug-likeness (QED) is 0.122. The van der Waals surface area contributed by atoms with Gasteiger partial charge in [-0.25, -0.2) is 9.78 Å². The number of para-hydroxylation sites is 1. The van der Waals surface area contributed by atoms with E-state index in [2.05, 4.69) is 18.4 Å². The molecule has 0 aliphatic rings. The molecule has 0 saturated carbocycles. The highest BCUT2D eigenvalue weighted by molar-refractivity contribution is 5.84. The number of hydrogen-bond acceptors (Lipinski definition) is 7.